The fourth-order valence-corrected chi connectivity index (χ4v) is 1.72. The van der Waals surface area contributed by atoms with Gasteiger partial charge in [-0.3, -0.25) is 10.1 Å². The number of hydrogen-bond donors (Lipinski definition) is 1. The quantitative estimate of drug-likeness (QED) is 0.374. The molecule has 0 aliphatic carbocycles. The lowest BCUT2D eigenvalue weighted by Gasteiger charge is -2.16. The second-order valence-corrected chi connectivity index (χ2v) is 4.14. The minimum atomic E-state index is -0.548. The van der Waals surface area contributed by atoms with Crippen LogP contribution in [0.2, 0.25) is 0 Å². The van der Waals surface area contributed by atoms with Crippen LogP contribution >= 0.6 is 0 Å². The van der Waals surface area contributed by atoms with Gasteiger partial charge in [-0.15, -0.1) is 12.3 Å². The summed E-state index contributed by atoms with van der Waals surface area (Å²) in [5.41, 5.74) is 0.407. The zero-order valence-electron chi connectivity index (χ0n) is 11.4. The van der Waals surface area contributed by atoms with E-state index < -0.39 is 10.9 Å². The van der Waals surface area contributed by atoms with Gasteiger partial charge in [-0.2, -0.15) is 0 Å². The molecular weight excluding hydrogens is 260 g/mol. The Balaban J connectivity index is 3.15. The van der Waals surface area contributed by atoms with Crippen molar-refractivity contribution in [2.75, 3.05) is 12.4 Å². The van der Waals surface area contributed by atoms with Crippen molar-refractivity contribution >= 4 is 17.3 Å². The number of ether oxygens (including phenoxy) is 1. The first-order chi connectivity index (χ1) is 9.53. The average molecular weight is 276 g/mol. The maximum atomic E-state index is 11.5. The lowest BCUT2D eigenvalue weighted by Crippen LogP contribution is -2.19. The molecule has 0 fully saturated rings. The van der Waals surface area contributed by atoms with Gasteiger partial charge in [-0.1, -0.05) is 6.92 Å². The van der Waals surface area contributed by atoms with Gasteiger partial charge in [0.25, 0.3) is 5.69 Å². The third kappa shape index (κ3) is 3.72. The lowest BCUT2D eigenvalue weighted by molar-refractivity contribution is -0.384. The number of terminal acetylenes is 1. The Kier molecular flexibility index (Phi) is 5.54. The second kappa shape index (κ2) is 7.14. The summed E-state index contributed by atoms with van der Waals surface area (Å²) in [6.07, 6.45) is 6.41. The normalized spacial score (nSPS) is 11.2. The SMILES string of the molecule is C#CCC(CC)Nc1cc(C(=O)OC)ccc1[N+](=O)[O-]. The number of esters is 1. The number of carbonyl (C=O) groups excluding carboxylic acids is 1. The van der Waals surface area contributed by atoms with Gasteiger partial charge in [0, 0.05) is 18.5 Å². The molecule has 1 aromatic carbocycles. The number of carbonyl (C=O) groups is 1. The van der Waals surface area contributed by atoms with Crippen LogP contribution in [-0.4, -0.2) is 24.0 Å². The lowest BCUT2D eigenvalue weighted by atomic mass is 10.1. The van der Waals surface area contributed by atoms with Crippen molar-refractivity contribution in [3.8, 4) is 12.3 Å². The molecule has 1 N–H and O–H groups in total. The summed E-state index contributed by atoms with van der Waals surface area (Å²) in [7, 11) is 1.25. The van der Waals surface area contributed by atoms with Crippen molar-refractivity contribution < 1.29 is 14.5 Å². The zero-order chi connectivity index (χ0) is 15.1. The summed E-state index contributed by atoms with van der Waals surface area (Å²) in [6, 6.07) is 3.95. The van der Waals surface area contributed by atoms with E-state index in [1.807, 2.05) is 6.92 Å². The van der Waals surface area contributed by atoms with Crippen LogP contribution in [-0.2, 0) is 4.74 Å². The molecule has 0 heterocycles. The van der Waals surface area contributed by atoms with Crippen LogP contribution in [0.25, 0.3) is 0 Å². The molecule has 0 saturated carbocycles. The maximum Gasteiger partial charge on any atom is 0.337 e. The van der Waals surface area contributed by atoms with Gasteiger partial charge in [-0.25, -0.2) is 4.79 Å². The molecule has 0 aromatic heterocycles. The van der Waals surface area contributed by atoms with Gasteiger partial charge in [-0.05, 0) is 18.6 Å². The molecule has 0 radical (unpaired) electrons. The van der Waals surface area contributed by atoms with Gasteiger partial charge < -0.3 is 10.1 Å². The highest BCUT2D eigenvalue weighted by Gasteiger charge is 2.19. The Morgan fingerprint density at radius 1 is 1.60 bits per heavy atom. The molecule has 1 rings (SSSR count). The number of nitro benzene ring substituents is 1. The van der Waals surface area contributed by atoms with Gasteiger partial charge in [0.15, 0.2) is 0 Å². The van der Waals surface area contributed by atoms with Crippen molar-refractivity contribution in [1.29, 1.82) is 0 Å². The van der Waals surface area contributed by atoms with E-state index in [0.29, 0.717) is 12.8 Å². The van der Waals surface area contributed by atoms with E-state index in [0.717, 1.165) is 0 Å². The Labute approximate surface area is 117 Å². The maximum absolute atomic E-state index is 11.5. The summed E-state index contributed by atoms with van der Waals surface area (Å²) < 4.78 is 4.60. The second-order valence-electron chi connectivity index (χ2n) is 4.14. The van der Waals surface area contributed by atoms with Crippen LogP contribution in [0.15, 0.2) is 18.2 Å². The molecule has 0 amide bonds. The molecule has 6 heteroatoms. The Bertz CT molecular complexity index is 549. The topological polar surface area (TPSA) is 81.5 Å². The van der Waals surface area contributed by atoms with E-state index in [1.165, 1.54) is 25.3 Å². The highest BCUT2D eigenvalue weighted by Crippen LogP contribution is 2.27. The summed E-state index contributed by atoms with van der Waals surface area (Å²) in [5, 5.41) is 14.0. The first-order valence-electron chi connectivity index (χ1n) is 6.10. The van der Waals surface area contributed by atoms with E-state index in [4.69, 9.17) is 6.42 Å². The van der Waals surface area contributed by atoms with E-state index in [1.54, 1.807) is 0 Å². The smallest absolute Gasteiger partial charge is 0.337 e. The van der Waals surface area contributed by atoms with Crippen LogP contribution in [0, 0.1) is 22.5 Å². The number of nitrogens with one attached hydrogen (secondary N) is 1. The van der Waals surface area contributed by atoms with Crippen LogP contribution in [0.4, 0.5) is 11.4 Å². The highest BCUT2D eigenvalue weighted by atomic mass is 16.6. The number of anilines is 1. The van der Waals surface area contributed by atoms with Crippen LogP contribution in [0.5, 0.6) is 0 Å². The number of hydrogen-bond acceptors (Lipinski definition) is 5. The molecule has 0 aliphatic heterocycles. The molecule has 0 bridgehead atoms. The summed E-state index contributed by atoms with van der Waals surface area (Å²) in [4.78, 5) is 22.0. The van der Waals surface area contributed by atoms with Gasteiger partial charge >= 0.3 is 5.97 Å². The van der Waals surface area contributed by atoms with Gasteiger partial charge in [0.1, 0.15) is 5.69 Å². The third-order valence-electron chi connectivity index (χ3n) is 2.83. The van der Waals surface area contributed by atoms with E-state index >= 15 is 0 Å². The summed E-state index contributed by atoms with van der Waals surface area (Å²) in [6.45, 7) is 1.92. The van der Waals surface area contributed by atoms with E-state index in [9.17, 15) is 14.9 Å². The molecule has 6 nitrogen and oxygen atoms in total. The molecule has 1 unspecified atom stereocenters. The first-order valence-corrected chi connectivity index (χ1v) is 6.10. The predicted molar refractivity (Wildman–Crippen MR) is 75.6 cm³/mol. The van der Waals surface area contributed by atoms with Crippen molar-refractivity contribution in [2.24, 2.45) is 0 Å². The minimum absolute atomic E-state index is 0.0911. The highest BCUT2D eigenvalue weighted by molar-refractivity contribution is 5.91. The van der Waals surface area contributed by atoms with E-state index in [-0.39, 0.29) is 23.0 Å². The van der Waals surface area contributed by atoms with Gasteiger partial charge in [0.05, 0.1) is 17.6 Å². The number of nitrogens with zero attached hydrogens (tertiary/aromatic N) is 1. The Morgan fingerprint density at radius 2 is 2.30 bits per heavy atom. The van der Waals surface area contributed by atoms with Crippen LogP contribution in [0.3, 0.4) is 0 Å². The van der Waals surface area contributed by atoms with E-state index in [2.05, 4.69) is 16.0 Å². The zero-order valence-corrected chi connectivity index (χ0v) is 11.4. The Morgan fingerprint density at radius 3 is 2.80 bits per heavy atom. The van der Waals surface area contributed by atoms with Crippen molar-refractivity contribution in [3.05, 3.63) is 33.9 Å². The molecule has 0 saturated heterocycles. The van der Waals surface area contributed by atoms with Crippen LogP contribution in [0.1, 0.15) is 30.1 Å². The largest absolute Gasteiger partial charge is 0.465 e. The molecular formula is C14H16N2O4. The summed E-state index contributed by atoms with van der Waals surface area (Å²) >= 11 is 0. The fourth-order valence-electron chi connectivity index (χ4n) is 1.72. The molecule has 1 aromatic rings. The van der Waals surface area contributed by atoms with Crippen LogP contribution < -0.4 is 5.32 Å². The van der Waals surface area contributed by atoms with Crippen molar-refractivity contribution in [2.45, 2.75) is 25.8 Å². The first kappa shape index (κ1) is 15.5. The third-order valence-corrected chi connectivity index (χ3v) is 2.83. The number of methoxy groups -OCH3 is 1. The van der Waals surface area contributed by atoms with Gasteiger partial charge in [0.2, 0.25) is 0 Å². The standard InChI is InChI=1S/C14H16N2O4/c1-4-6-11(5-2)15-12-9-10(14(17)20-3)7-8-13(12)16(18)19/h1,7-9,11,15H,5-6H2,2-3H3. The minimum Gasteiger partial charge on any atom is -0.465 e. The molecule has 0 spiro atoms. The fraction of sp³-hybridized carbons (Fsp3) is 0.357. The number of rotatable bonds is 6. The number of benzene rings is 1. The molecule has 0 aliphatic rings. The Hall–Kier alpha value is -2.55. The molecule has 106 valence electrons. The molecule has 1 atom stereocenters. The van der Waals surface area contributed by atoms with Crippen molar-refractivity contribution in [3.63, 3.8) is 0 Å². The summed E-state index contributed by atoms with van der Waals surface area (Å²) in [5.74, 6) is 1.96. The molecule has 20 heavy (non-hydrogen) atoms. The predicted octanol–water partition coefficient (Wildman–Crippen LogP) is 2.60. The average Bonchev–Trinajstić information content (AvgIpc) is 2.45. The number of nitro groups is 1. The monoisotopic (exact) mass is 276 g/mol. The van der Waals surface area contributed by atoms with Crippen molar-refractivity contribution in [1.82, 2.24) is 0 Å².